The molecule has 0 aromatic rings. The Morgan fingerprint density at radius 3 is 2.41 bits per heavy atom. The Morgan fingerprint density at radius 1 is 1.06 bits per heavy atom. The second-order valence-corrected chi connectivity index (χ2v) is 7.62. The van der Waals surface area contributed by atoms with Crippen molar-refractivity contribution < 1.29 is 10.2 Å². The molecular formula is C15H26O2. The molecule has 2 nitrogen and oxygen atoms in total. The fourth-order valence-corrected chi connectivity index (χ4v) is 5.71. The van der Waals surface area contributed by atoms with E-state index in [4.69, 9.17) is 0 Å². The van der Waals surface area contributed by atoms with Crippen LogP contribution in [0.3, 0.4) is 0 Å². The van der Waals surface area contributed by atoms with Gasteiger partial charge in [0.25, 0.3) is 0 Å². The molecule has 2 unspecified atom stereocenters. The van der Waals surface area contributed by atoms with Gasteiger partial charge in [-0.1, -0.05) is 27.2 Å². The number of aliphatic hydroxyl groups excluding tert-OH is 2. The van der Waals surface area contributed by atoms with E-state index in [-0.39, 0.29) is 23.5 Å². The maximum atomic E-state index is 10.8. The zero-order valence-electron chi connectivity index (χ0n) is 11.4. The van der Waals surface area contributed by atoms with Crippen LogP contribution >= 0.6 is 0 Å². The average molecular weight is 238 g/mol. The first-order valence-corrected chi connectivity index (χ1v) is 7.18. The molecule has 3 aliphatic rings. The Kier molecular flexibility index (Phi) is 2.30. The van der Waals surface area contributed by atoms with Crippen LogP contribution in [0.1, 0.15) is 52.9 Å². The Labute approximate surface area is 104 Å². The molecule has 3 saturated carbocycles. The molecule has 0 aromatic heterocycles. The predicted molar refractivity (Wildman–Crippen MR) is 67.5 cm³/mol. The van der Waals surface area contributed by atoms with E-state index in [1.807, 2.05) is 0 Å². The second kappa shape index (κ2) is 3.27. The van der Waals surface area contributed by atoms with E-state index in [2.05, 4.69) is 20.8 Å². The molecule has 4 bridgehead atoms. The zero-order valence-corrected chi connectivity index (χ0v) is 11.4. The summed E-state index contributed by atoms with van der Waals surface area (Å²) in [6, 6.07) is 0. The van der Waals surface area contributed by atoms with Crippen LogP contribution in [-0.4, -0.2) is 22.9 Å². The van der Waals surface area contributed by atoms with Crippen LogP contribution in [0.25, 0.3) is 0 Å². The molecule has 0 aromatic carbocycles. The first-order chi connectivity index (χ1) is 7.89. The van der Waals surface area contributed by atoms with Gasteiger partial charge in [-0.05, 0) is 53.8 Å². The average Bonchev–Trinajstić information content (AvgIpc) is 2.57. The van der Waals surface area contributed by atoms with Crippen molar-refractivity contribution in [1.29, 1.82) is 0 Å². The summed E-state index contributed by atoms with van der Waals surface area (Å²) in [7, 11) is 0. The zero-order chi connectivity index (χ0) is 12.5. The monoisotopic (exact) mass is 238 g/mol. The number of aliphatic hydroxyl groups is 2. The molecule has 98 valence electrons. The highest BCUT2D eigenvalue weighted by atomic mass is 16.3. The van der Waals surface area contributed by atoms with Crippen LogP contribution in [0, 0.1) is 28.1 Å². The van der Waals surface area contributed by atoms with E-state index < -0.39 is 0 Å². The highest BCUT2D eigenvalue weighted by molar-refractivity contribution is 5.19. The second-order valence-electron chi connectivity index (χ2n) is 7.62. The Bertz CT molecular complexity index is 342. The lowest BCUT2D eigenvalue weighted by molar-refractivity contribution is -0.0768. The third kappa shape index (κ3) is 1.14. The van der Waals surface area contributed by atoms with Gasteiger partial charge in [-0.2, -0.15) is 0 Å². The van der Waals surface area contributed by atoms with Gasteiger partial charge in [0.05, 0.1) is 6.10 Å². The van der Waals surface area contributed by atoms with Crippen LogP contribution in [0.15, 0.2) is 0 Å². The van der Waals surface area contributed by atoms with Gasteiger partial charge in [-0.25, -0.2) is 0 Å². The molecule has 0 saturated heterocycles. The minimum absolute atomic E-state index is 0.0555. The first-order valence-electron chi connectivity index (χ1n) is 7.18. The lowest BCUT2D eigenvalue weighted by Crippen LogP contribution is -2.46. The normalized spacial score (nSPS) is 61.6. The molecule has 3 rings (SSSR count). The maximum absolute atomic E-state index is 10.8. The molecule has 0 amide bonds. The molecule has 0 spiro atoms. The standard InChI is InChI=1S/C15H26O2/c1-13(9-16)6-4-7-14(2)10-5-8-15(14,3)12(17)11(10)13/h10-12,16-17H,4-9H2,1-3H3/t10-,11-,12+,13-,14?,15?/m0/s1. The van der Waals surface area contributed by atoms with Crippen molar-refractivity contribution in [3.05, 3.63) is 0 Å². The Hall–Kier alpha value is -0.0800. The SMILES string of the molecule is CC12CC[C@H]3[C@@H]([C@H]1O)[C@](C)(CO)CCCC32C. The summed E-state index contributed by atoms with van der Waals surface area (Å²) in [5, 5.41) is 20.6. The van der Waals surface area contributed by atoms with Crippen LogP contribution in [0.5, 0.6) is 0 Å². The van der Waals surface area contributed by atoms with Gasteiger partial charge in [-0.15, -0.1) is 0 Å². The molecule has 3 fully saturated rings. The van der Waals surface area contributed by atoms with Crippen molar-refractivity contribution in [1.82, 2.24) is 0 Å². The quantitative estimate of drug-likeness (QED) is 0.737. The van der Waals surface area contributed by atoms with Gasteiger partial charge in [0, 0.05) is 6.61 Å². The number of rotatable bonds is 1. The fraction of sp³-hybridized carbons (Fsp3) is 1.00. The summed E-state index contributed by atoms with van der Waals surface area (Å²) in [4.78, 5) is 0. The third-order valence-corrected chi connectivity index (χ3v) is 7.13. The Morgan fingerprint density at radius 2 is 1.76 bits per heavy atom. The smallest absolute Gasteiger partial charge is 0.0636 e. The summed E-state index contributed by atoms with van der Waals surface area (Å²) in [6.45, 7) is 7.12. The molecule has 6 atom stereocenters. The van der Waals surface area contributed by atoms with E-state index in [0.29, 0.717) is 17.3 Å². The molecule has 0 heterocycles. The lowest BCUT2D eigenvalue weighted by Gasteiger charge is -2.45. The summed E-state index contributed by atoms with van der Waals surface area (Å²) < 4.78 is 0. The lowest BCUT2D eigenvalue weighted by atomic mass is 9.62. The van der Waals surface area contributed by atoms with Crippen LogP contribution in [0.4, 0.5) is 0 Å². The van der Waals surface area contributed by atoms with E-state index in [9.17, 15) is 10.2 Å². The highest BCUT2D eigenvalue weighted by Gasteiger charge is 2.71. The summed E-state index contributed by atoms with van der Waals surface area (Å²) in [5.41, 5.74) is 0.350. The highest BCUT2D eigenvalue weighted by Crippen LogP contribution is 2.74. The van der Waals surface area contributed by atoms with Gasteiger partial charge in [-0.3, -0.25) is 0 Å². The minimum Gasteiger partial charge on any atom is -0.396 e. The fourth-order valence-electron chi connectivity index (χ4n) is 5.71. The van der Waals surface area contributed by atoms with Gasteiger partial charge in [0.15, 0.2) is 0 Å². The van der Waals surface area contributed by atoms with Gasteiger partial charge < -0.3 is 10.2 Å². The topological polar surface area (TPSA) is 40.5 Å². The largest absolute Gasteiger partial charge is 0.396 e. The summed E-state index contributed by atoms with van der Waals surface area (Å²) in [6.07, 6.45) is 5.74. The molecule has 0 radical (unpaired) electrons. The molecule has 17 heavy (non-hydrogen) atoms. The van der Waals surface area contributed by atoms with E-state index in [1.165, 1.54) is 25.7 Å². The van der Waals surface area contributed by atoms with Crippen molar-refractivity contribution in [2.24, 2.45) is 28.1 Å². The maximum Gasteiger partial charge on any atom is 0.0636 e. The van der Waals surface area contributed by atoms with Crippen molar-refractivity contribution in [2.45, 2.75) is 59.0 Å². The van der Waals surface area contributed by atoms with Crippen molar-refractivity contribution in [3.63, 3.8) is 0 Å². The number of hydrogen-bond donors (Lipinski definition) is 2. The third-order valence-electron chi connectivity index (χ3n) is 7.13. The Balaban J connectivity index is 2.10. The van der Waals surface area contributed by atoms with Crippen molar-refractivity contribution >= 4 is 0 Å². The predicted octanol–water partition coefficient (Wildman–Crippen LogP) is 2.58. The number of hydrogen-bond acceptors (Lipinski definition) is 2. The van der Waals surface area contributed by atoms with E-state index >= 15 is 0 Å². The molecular weight excluding hydrogens is 212 g/mol. The van der Waals surface area contributed by atoms with Crippen molar-refractivity contribution in [2.75, 3.05) is 6.61 Å². The summed E-state index contributed by atoms with van der Waals surface area (Å²) in [5.74, 6) is 0.945. The van der Waals surface area contributed by atoms with Gasteiger partial charge in [0.1, 0.15) is 0 Å². The van der Waals surface area contributed by atoms with Crippen LogP contribution in [-0.2, 0) is 0 Å². The molecule has 2 heteroatoms. The first kappa shape index (κ1) is 12.0. The molecule has 2 N–H and O–H groups in total. The van der Waals surface area contributed by atoms with Crippen LogP contribution < -0.4 is 0 Å². The van der Waals surface area contributed by atoms with E-state index in [0.717, 1.165) is 6.42 Å². The van der Waals surface area contributed by atoms with E-state index in [1.54, 1.807) is 0 Å². The summed E-state index contributed by atoms with van der Waals surface area (Å²) >= 11 is 0. The molecule has 0 aliphatic heterocycles. The molecule has 3 aliphatic carbocycles. The van der Waals surface area contributed by atoms with Gasteiger partial charge >= 0.3 is 0 Å². The van der Waals surface area contributed by atoms with Crippen molar-refractivity contribution in [3.8, 4) is 0 Å². The van der Waals surface area contributed by atoms with Gasteiger partial charge in [0.2, 0.25) is 0 Å². The minimum atomic E-state index is -0.205. The van der Waals surface area contributed by atoms with Crippen LogP contribution in [0.2, 0.25) is 0 Å².